The van der Waals surface area contributed by atoms with E-state index in [-0.39, 0.29) is 11.9 Å². The number of hydrogen-bond acceptors (Lipinski definition) is 7. The van der Waals surface area contributed by atoms with Gasteiger partial charge in [0, 0.05) is 31.0 Å². The average molecular weight is 359 g/mol. The van der Waals surface area contributed by atoms with Gasteiger partial charge in [0.2, 0.25) is 0 Å². The van der Waals surface area contributed by atoms with Crippen molar-refractivity contribution in [3.05, 3.63) is 41.9 Å². The van der Waals surface area contributed by atoms with E-state index in [0.717, 1.165) is 16.7 Å². The average Bonchev–Trinajstić information content (AvgIpc) is 2.63. The van der Waals surface area contributed by atoms with E-state index >= 15 is 0 Å². The quantitative estimate of drug-likeness (QED) is 0.627. The van der Waals surface area contributed by atoms with Gasteiger partial charge in [-0.15, -0.1) is 0 Å². The molecule has 2 aromatic heterocycles. The summed E-state index contributed by atoms with van der Waals surface area (Å²) >= 11 is 1.49. The number of nitrogens with zero attached hydrogens (tertiary/aromatic N) is 4. The Kier molecular flexibility index (Phi) is 5.50. The van der Waals surface area contributed by atoms with Gasteiger partial charge in [-0.25, -0.2) is 9.97 Å². The molecular weight excluding hydrogens is 338 g/mol. The Morgan fingerprint density at radius 1 is 1.40 bits per heavy atom. The number of aliphatic hydroxyl groups is 1. The van der Waals surface area contributed by atoms with Gasteiger partial charge in [0.15, 0.2) is 5.16 Å². The smallest absolute Gasteiger partial charge is 0.270 e. The molecule has 1 aliphatic heterocycles. The molecule has 8 heteroatoms. The summed E-state index contributed by atoms with van der Waals surface area (Å²) in [5.41, 5.74) is 1.25. The number of thioether (sulfide) groups is 1. The number of hydrogen-bond donors (Lipinski definition) is 2. The lowest BCUT2D eigenvalue weighted by Crippen LogP contribution is -2.54. The van der Waals surface area contributed by atoms with E-state index in [1.807, 2.05) is 24.1 Å². The van der Waals surface area contributed by atoms with Gasteiger partial charge >= 0.3 is 0 Å². The van der Waals surface area contributed by atoms with Gasteiger partial charge in [-0.2, -0.15) is 0 Å². The first-order chi connectivity index (χ1) is 12.1. The van der Waals surface area contributed by atoms with Crippen LogP contribution in [0.5, 0.6) is 0 Å². The minimum atomic E-state index is -0.672. The van der Waals surface area contributed by atoms with E-state index in [4.69, 9.17) is 0 Å². The number of amides is 1. The number of rotatable bonds is 4. The van der Waals surface area contributed by atoms with Gasteiger partial charge in [0.1, 0.15) is 11.5 Å². The highest BCUT2D eigenvalue weighted by Crippen LogP contribution is 2.21. The third-order valence-corrected chi connectivity index (χ3v) is 4.67. The third-order valence-electron chi connectivity index (χ3n) is 4.12. The SMILES string of the molecule is CSc1nc(C)cc(N2CC[C@@H](NC(=O)c3ccccn3)[C@H](O)C2)n1. The van der Waals surface area contributed by atoms with Crippen LogP contribution in [0, 0.1) is 6.92 Å². The van der Waals surface area contributed by atoms with Gasteiger partial charge in [-0.05, 0) is 31.7 Å². The summed E-state index contributed by atoms with van der Waals surface area (Å²) in [7, 11) is 0. The molecule has 1 amide bonds. The molecule has 0 radical (unpaired) electrons. The molecular formula is C17H21N5O2S. The fraction of sp³-hybridized carbons (Fsp3) is 0.412. The molecule has 25 heavy (non-hydrogen) atoms. The zero-order valence-corrected chi connectivity index (χ0v) is 15.0. The Morgan fingerprint density at radius 3 is 2.92 bits per heavy atom. The molecule has 3 heterocycles. The van der Waals surface area contributed by atoms with Crippen molar-refractivity contribution in [3.63, 3.8) is 0 Å². The van der Waals surface area contributed by atoms with Gasteiger partial charge in [-0.3, -0.25) is 9.78 Å². The highest BCUT2D eigenvalue weighted by molar-refractivity contribution is 7.98. The van der Waals surface area contributed by atoms with E-state index in [0.29, 0.717) is 25.2 Å². The number of nitrogens with one attached hydrogen (secondary N) is 1. The summed E-state index contributed by atoms with van der Waals surface area (Å²) in [6.45, 7) is 3.05. The van der Waals surface area contributed by atoms with Crippen molar-refractivity contribution in [2.75, 3.05) is 24.2 Å². The Labute approximate surface area is 150 Å². The molecule has 2 N–H and O–H groups in total. The molecule has 1 fully saturated rings. The number of anilines is 1. The molecule has 0 bridgehead atoms. The van der Waals surface area contributed by atoms with Gasteiger partial charge in [0.05, 0.1) is 12.1 Å². The van der Waals surface area contributed by atoms with Gasteiger partial charge in [-0.1, -0.05) is 17.8 Å². The maximum atomic E-state index is 12.2. The highest BCUT2D eigenvalue weighted by atomic mass is 32.2. The summed E-state index contributed by atoms with van der Waals surface area (Å²) in [4.78, 5) is 27.1. The van der Waals surface area contributed by atoms with Crippen LogP contribution in [0.25, 0.3) is 0 Å². The van der Waals surface area contributed by atoms with Gasteiger partial charge < -0.3 is 15.3 Å². The number of aliphatic hydroxyl groups excluding tert-OH is 1. The van der Waals surface area contributed by atoms with E-state index in [2.05, 4.69) is 20.3 Å². The van der Waals surface area contributed by atoms with Crippen LogP contribution < -0.4 is 10.2 Å². The van der Waals surface area contributed by atoms with E-state index in [9.17, 15) is 9.90 Å². The normalized spacial score (nSPS) is 20.4. The molecule has 0 aliphatic carbocycles. The standard InChI is InChI=1S/C17H21N5O2S/c1-11-9-15(21-17(19-11)25-2)22-8-6-12(14(23)10-22)20-16(24)13-5-3-4-7-18-13/h3-5,7,9,12,14,23H,6,8,10H2,1-2H3,(H,20,24)/t12-,14-/m1/s1. The number of piperidine rings is 1. The number of β-amino-alcohol motifs (C(OH)–C–C–N with tert-alkyl or cyclic N) is 1. The summed E-state index contributed by atoms with van der Waals surface area (Å²) in [5, 5.41) is 14.1. The number of aromatic nitrogens is 3. The summed E-state index contributed by atoms with van der Waals surface area (Å²) < 4.78 is 0. The predicted octanol–water partition coefficient (Wildman–Crippen LogP) is 1.27. The first-order valence-electron chi connectivity index (χ1n) is 8.11. The lowest BCUT2D eigenvalue weighted by atomic mass is 10.0. The predicted molar refractivity (Wildman–Crippen MR) is 96.9 cm³/mol. The van der Waals surface area contributed by atoms with Crippen molar-refractivity contribution in [3.8, 4) is 0 Å². The number of carbonyl (C=O) groups excluding carboxylic acids is 1. The topological polar surface area (TPSA) is 91.2 Å². The lowest BCUT2D eigenvalue weighted by Gasteiger charge is -2.37. The van der Waals surface area contributed by atoms with Crippen LogP contribution in [0.2, 0.25) is 0 Å². The Morgan fingerprint density at radius 2 is 2.24 bits per heavy atom. The molecule has 2 aromatic rings. The van der Waals surface area contributed by atoms with Crippen molar-refractivity contribution >= 4 is 23.5 Å². The molecule has 3 rings (SSSR count). The largest absolute Gasteiger partial charge is 0.389 e. The van der Waals surface area contributed by atoms with E-state index in [1.54, 1.807) is 24.4 Å². The molecule has 0 spiro atoms. The molecule has 0 unspecified atom stereocenters. The maximum Gasteiger partial charge on any atom is 0.270 e. The number of aryl methyl sites for hydroxylation is 1. The van der Waals surface area contributed by atoms with Crippen LogP contribution >= 0.6 is 11.8 Å². The maximum absolute atomic E-state index is 12.2. The first-order valence-corrected chi connectivity index (χ1v) is 9.34. The van der Waals surface area contributed by atoms with Crippen LogP contribution in [0.1, 0.15) is 22.6 Å². The fourth-order valence-electron chi connectivity index (χ4n) is 2.83. The zero-order chi connectivity index (χ0) is 17.8. The third kappa shape index (κ3) is 4.26. The van der Waals surface area contributed by atoms with Gasteiger partial charge in [0.25, 0.3) is 5.91 Å². The minimum absolute atomic E-state index is 0.263. The van der Waals surface area contributed by atoms with Crippen molar-refractivity contribution in [1.29, 1.82) is 0 Å². The van der Waals surface area contributed by atoms with E-state index in [1.165, 1.54) is 11.8 Å². The second-order valence-electron chi connectivity index (χ2n) is 5.95. The van der Waals surface area contributed by atoms with Crippen LogP contribution in [0.3, 0.4) is 0 Å². The molecule has 1 saturated heterocycles. The van der Waals surface area contributed by atoms with Crippen molar-refractivity contribution in [1.82, 2.24) is 20.3 Å². The number of carbonyl (C=O) groups is 1. The summed E-state index contributed by atoms with van der Waals surface area (Å²) in [6, 6.07) is 6.80. The summed E-state index contributed by atoms with van der Waals surface area (Å²) in [5.74, 6) is 0.547. The van der Waals surface area contributed by atoms with Crippen LogP contribution in [0.4, 0.5) is 5.82 Å². The van der Waals surface area contributed by atoms with E-state index < -0.39 is 6.10 Å². The monoisotopic (exact) mass is 359 g/mol. The second kappa shape index (κ2) is 7.79. The zero-order valence-electron chi connectivity index (χ0n) is 14.2. The fourth-order valence-corrected chi connectivity index (χ4v) is 3.25. The summed E-state index contributed by atoms with van der Waals surface area (Å²) in [6.07, 6.45) is 3.48. The Balaban J connectivity index is 1.65. The molecule has 1 aliphatic rings. The molecule has 7 nitrogen and oxygen atoms in total. The first kappa shape index (κ1) is 17.6. The van der Waals surface area contributed by atoms with Crippen molar-refractivity contribution < 1.29 is 9.90 Å². The Bertz CT molecular complexity index is 743. The highest BCUT2D eigenvalue weighted by Gasteiger charge is 2.30. The molecule has 0 saturated carbocycles. The number of pyridine rings is 1. The van der Waals surface area contributed by atoms with Crippen LogP contribution in [-0.2, 0) is 0 Å². The molecule has 0 aromatic carbocycles. The van der Waals surface area contributed by atoms with Crippen molar-refractivity contribution in [2.45, 2.75) is 30.6 Å². The van der Waals surface area contributed by atoms with Crippen LogP contribution in [0.15, 0.2) is 35.6 Å². The Hall–Kier alpha value is -2.19. The van der Waals surface area contributed by atoms with Crippen molar-refractivity contribution in [2.24, 2.45) is 0 Å². The second-order valence-corrected chi connectivity index (χ2v) is 6.72. The molecule has 2 atom stereocenters. The molecule has 132 valence electrons. The minimum Gasteiger partial charge on any atom is -0.389 e. The lowest BCUT2D eigenvalue weighted by molar-refractivity contribution is 0.0793. The van der Waals surface area contributed by atoms with Crippen LogP contribution in [-0.4, -0.2) is 57.5 Å².